The summed E-state index contributed by atoms with van der Waals surface area (Å²) >= 11 is 0. The number of hydrogen-bond donors (Lipinski definition) is 0. The van der Waals surface area contributed by atoms with Gasteiger partial charge in [-0.3, -0.25) is 0 Å². The van der Waals surface area contributed by atoms with Crippen molar-refractivity contribution in [1.82, 2.24) is 0 Å². The van der Waals surface area contributed by atoms with Crippen molar-refractivity contribution in [3.8, 4) is 33.4 Å². The maximum atomic E-state index is 2.46. The minimum Gasteiger partial charge on any atom is -0.0870 e. The van der Waals surface area contributed by atoms with E-state index in [1.165, 1.54) is 77.7 Å². The molecule has 0 aromatic heterocycles. The molecule has 0 fully saturated rings. The van der Waals surface area contributed by atoms with Crippen LogP contribution < -0.4 is 10.9 Å². The molecule has 0 saturated heterocycles. The highest BCUT2D eigenvalue weighted by Gasteiger charge is 2.42. The van der Waals surface area contributed by atoms with Gasteiger partial charge in [0.2, 0.25) is 6.71 Å². The zero-order chi connectivity index (χ0) is 35.4. The summed E-state index contributed by atoms with van der Waals surface area (Å²) in [4.78, 5) is 0. The summed E-state index contributed by atoms with van der Waals surface area (Å²) in [6.07, 6.45) is 18.3. The fourth-order valence-electron chi connectivity index (χ4n) is 8.04. The van der Waals surface area contributed by atoms with Crippen LogP contribution in [-0.2, 0) is 0 Å². The Morgan fingerprint density at radius 3 is 1.81 bits per heavy atom. The van der Waals surface area contributed by atoms with Crippen molar-refractivity contribution < 1.29 is 0 Å². The Hall–Kier alpha value is -5.92. The van der Waals surface area contributed by atoms with Gasteiger partial charge in [-0.2, -0.15) is 0 Å². The molecule has 1 aliphatic heterocycles. The summed E-state index contributed by atoms with van der Waals surface area (Å²) in [5.41, 5.74) is 18.0. The van der Waals surface area contributed by atoms with E-state index in [1.54, 1.807) is 0 Å². The zero-order valence-corrected chi connectivity index (χ0v) is 30.2. The molecule has 2 aliphatic rings. The van der Waals surface area contributed by atoms with Crippen LogP contribution in [0.15, 0.2) is 194 Å². The maximum absolute atomic E-state index is 2.46. The molecule has 0 nitrogen and oxygen atoms in total. The van der Waals surface area contributed by atoms with Gasteiger partial charge >= 0.3 is 0 Å². The van der Waals surface area contributed by atoms with E-state index in [-0.39, 0.29) is 0 Å². The molecular formula is C51H43B. The molecule has 6 aromatic carbocycles. The average Bonchev–Trinajstić information content (AvgIpc) is 3.53. The Labute approximate surface area is 310 Å². The van der Waals surface area contributed by atoms with Gasteiger partial charge in [-0.15, -0.1) is 0 Å². The predicted octanol–water partition coefficient (Wildman–Crippen LogP) is 12.3. The molecule has 0 N–H and O–H groups in total. The van der Waals surface area contributed by atoms with Crippen LogP contribution in [0.4, 0.5) is 0 Å². The van der Waals surface area contributed by atoms with Gasteiger partial charge in [0.05, 0.1) is 0 Å². The molecule has 0 saturated carbocycles. The molecule has 250 valence electrons. The van der Waals surface area contributed by atoms with Crippen molar-refractivity contribution in [3.05, 3.63) is 216 Å². The van der Waals surface area contributed by atoms with Crippen LogP contribution in [0.5, 0.6) is 0 Å². The molecule has 1 heterocycles. The molecule has 1 aliphatic carbocycles. The third-order valence-electron chi connectivity index (χ3n) is 10.9. The molecular weight excluding hydrogens is 623 g/mol. The van der Waals surface area contributed by atoms with Crippen molar-refractivity contribution in [2.24, 2.45) is 0 Å². The van der Waals surface area contributed by atoms with Gasteiger partial charge in [-0.05, 0) is 93.9 Å². The monoisotopic (exact) mass is 666 g/mol. The molecule has 2 atom stereocenters. The van der Waals surface area contributed by atoms with Gasteiger partial charge in [-0.1, -0.05) is 205 Å². The Bertz CT molecular complexity index is 2350. The van der Waals surface area contributed by atoms with Crippen molar-refractivity contribution in [2.75, 3.05) is 0 Å². The van der Waals surface area contributed by atoms with Crippen molar-refractivity contribution in [3.63, 3.8) is 0 Å². The lowest BCUT2D eigenvalue weighted by molar-refractivity contribution is 0.867. The predicted molar refractivity (Wildman–Crippen MR) is 227 cm³/mol. The van der Waals surface area contributed by atoms with Gasteiger partial charge in [0.25, 0.3) is 0 Å². The van der Waals surface area contributed by atoms with Gasteiger partial charge < -0.3 is 0 Å². The first-order chi connectivity index (χ1) is 25.6. The second kappa shape index (κ2) is 14.7. The van der Waals surface area contributed by atoms with Gasteiger partial charge in [0.15, 0.2) is 0 Å². The fraction of sp³-hybridized carbons (Fsp3) is 0.0980. The van der Waals surface area contributed by atoms with E-state index in [0.717, 1.165) is 0 Å². The van der Waals surface area contributed by atoms with Crippen LogP contribution in [-0.4, -0.2) is 6.71 Å². The third kappa shape index (κ3) is 6.75. The van der Waals surface area contributed by atoms with Crippen LogP contribution in [0, 0.1) is 6.92 Å². The first-order valence-corrected chi connectivity index (χ1v) is 18.5. The molecule has 0 spiro atoms. The van der Waals surface area contributed by atoms with Gasteiger partial charge in [0.1, 0.15) is 0 Å². The molecule has 0 radical (unpaired) electrons. The van der Waals surface area contributed by atoms with Gasteiger partial charge in [0, 0.05) is 5.92 Å². The molecule has 0 bridgehead atoms. The van der Waals surface area contributed by atoms with E-state index in [0.29, 0.717) is 18.4 Å². The highest BCUT2D eigenvalue weighted by atomic mass is 14.3. The van der Waals surface area contributed by atoms with E-state index >= 15 is 0 Å². The lowest BCUT2D eigenvalue weighted by atomic mass is 9.35. The first kappa shape index (κ1) is 33.2. The van der Waals surface area contributed by atoms with E-state index in [2.05, 4.69) is 215 Å². The van der Waals surface area contributed by atoms with E-state index in [4.69, 9.17) is 0 Å². The van der Waals surface area contributed by atoms with Crippen molar-refractivity contribution >= 4 is 29.3 Å². The van der Waals surface area contributed by atoms with Crippen molar-refractivity contribution in [2.45, 2.75) is 32.5 Å². The Balaban J connectivity index is 1.04. The van der Waals surface area contributed by atoms with E-state index in [9.17, 15) is 0 Å². The molecule has 1 heteroatoms. The number of fused-ring (bicyclic) bond motifs is 3. The smallest absolute Gasteiger partial charge is 0.0870 e. The van der Waals surface area contributed by atoms with Gasteiger partial charge in [-0.25, -0.2) is 0 Å². The standard InChI is InChI=1S/C51H43B/c1-4-38(21-19-36(2)33-46-34-44(22-20-37(46)3)43-25-23-41(24-26-43)39-13-7-5-8-14-39)45-29-32-49-48-17-11-12-18-50(48)52(51(49)35-45)47-30-27-42(28-31-47)40-15-9-6-10-16-40/h4-35,48,50H,1-3H3/b21-19-,36-33+,38-4+. The number of hydrogen-bond acceptors (Lipinski definition) is 0. The van der Waals surface area contributed by atoms with Crippen LogP contribution in [0.3, 0.4) is 0 Å². The van der Waals surface area contributed by atoms with Crippen LogP contribution in [0.2, 0.25) is 5.82 Å². The highest BCUT2D eigenvalue weighted by molar-refractivity contribution is 6.88. The summed E-state index contributed by atoms with van der Waals surface area (Å²) in [5.74, 6) is 0.830. The quantitative estimate of drug-likeness (QED) is 0.112. The molecule has 2 unspecified atom stereocenters. The average molecular weight is 667 g/mol. The number of allylic oxidation sites excluding steroid dienone is 9. The minimum absolute atomic E-state index is 0.319. The number of benzene rings is 6. The van der Waals surface area contributed by atoms with Crippen LogP contribution in [0.25, 0.3) is 45.0 Å². The number of aryl methyl sites for hydroxylation is 1. The molecule has 8 rings (SSSR count). The summed E-state index contributed by atoms with van der Waals surface area (Å²) < 4.78 is 0. The largest absolute Gasteiger partial charge is 0.217 e. The number of rotatable bonds is 8. The van der Waals surface area contributed by atoms with E-state index < -0.39 is 0 Å². The Morgan fingerprint density at radius 2 is 1.15 bits per heavy atom. The summed E-state index contributed by atoms with van der Waals surface area (Å²) in [5, 5.41) is 0. The maximum Gasteiger partial charge on any atom is 0.217 e. The molecule has 52 heavy (non-hydrogen) atoms. The second-order valence-corrected chi connectivity index (χ2v) is 14.2. The minimum atomic E-state index is 0.319. The molecule has 6 aromatic rings. The second-order valence-electron chi connectivity index (χ2n) is 14.2. The first-order valence-electron chi connectivity index (χ1n) is 18.5. The third-order valence-corrected chi connectivity index (χ3v) is 10.9. The van der Waals surface area contributed by atoms with E-state index in [1.807, 2.05) is 0 Å². The van der Waals surface area contributed by atoms with Crippen molar-refractivity contribution in [1.29, 1.82) is 0 Å². The summed E-state index contributed by atoms with van der Waals surface area (Å²) in [6, 6.07) is 53.3. The Morgan fingerprint density at radius 1 is 0.577 bits per heavy atom. The summed E-state index contributed by atoms with van der Waals surface area (Å²) in [6.45, 7) is 6.86. The SMILES string of the molecule is C\C=C(/C=C\C(C)=C\c1cc(-c2ccc(-c3ccccc3)cc2)ccc1C)c1ccc2c(c1)B(c1ccc(-c3ccccc3)cc1)C1C=CC=CC21. The fourth-order valence-corrected chi connectivity index (χ4v) is 8.04. The normalized spacial score (nSPS) is 16.7. The molecule has 0 amide bonds. The lowest BCUT2D eigenvalue weighted by Crippen LogP contribution is -2.42. The Kier molecular flexibility index (Phi) is 9.43. The summed E-state index contributed by atoms with van der Waals surface area (Å²) in [7, 11) is 0. The highest BCUT2D eigenvalue weighted by Crippen LogP contribution is 2.42. The topological polar surface area (TPSA) is 0 Å². The lowest BCUT2D eigenvalue weighted by Gasteiger charge is -2.21. The van der Waals surface area contributed by atoms with Crippen LogP contribution in [0.1, 0.15) is 42.0 Å². The van der Waals surface area contributed by atoms with Crippen LogP contribution >= 0.6 is 0 Å². The zero-order valence-electron chi connectivity index (χ0n) is 30.2.